The highest BCUT2D eigenvalue weighted by Crippen LogP contribution is 2.65. The van der Waals surface area contributed by atoms with Crippen molar-refractivity contribution in [2.45, 2.75) is 71.6 Å². The van der Waals surface area contributed by atoms with Crippen LogP contribution in [0.1, 0.15) is 71.6 Å². The highest BCUT2D eigenvalue weighted by Gasteiger charge is 2.62. The molecule has 0 amide bonds. The van der Waals surface area contributed by atoms with E-state index in [1.165, 1.54) is 0 Å². The molecule has 0 saturated heterocycles. The molecule has 4 rings (SSSR count). The van der Waals surface area contributed by atoms with Crippen molar-refractivity contribution >= 4 is 17.3 Å². The van der Waals surface area contributed by atoms with Crippen molar-refractivity contribution in [2.24, 2.45) is 39.7 Å². The maximum atomic E-state index is 12.6. The van der Waals surface area contributed by atoms with Crippen LogP contribution in [0.15, 0.2) is 5.16 Å². The molecule has 0 aromatic carbocycles. The van der Waals surface area contributed by atoms with E-state index in [1.54, 1.807) is 7.11 Å². The molecule has 4 aliphatic carbocycles. The molecule has 0 N–H and O–H groups in total. The van der Waals surface area contributed by atoms with Crippen molar-refractivity contribution in [1.82, 2.24) is 0 Å². The van der Waals surface area contributed by atoms with Crippen molar-refractivity contribution in [1.29, 1.82) is 0 Å². The second-order valence-corrected chi connectivity index (χ2v) is 9.15. The van der Waals surface area contributed by atoms with Crippen molar-refractivity contribution in [3.8, 4) is 0 Å². The van der Waals surface area contributed by atoms with Gasteiger partial charge in [0.1, 0.15) is 18.7 Å². The molecule has 4 heteroatoms. The van der Waals surface area contributed by atoms with Crippen LogP contribution in [-0.4, -0.2) is 24.4 Å². The Bertz CT molecular complexity index is 627. The summed E-state index contributed by atoms with van der Waals surface area (Å²) in [5.74, 6) is 2.77. The molecule has 0 radical (unpaired) electrons. The molecule has 3 unspecified atom stereocenters. The minimum absolute atomic E-state index is 0.119. The van der Waals surface area contributed by atoms with E-state index < -0.39 is 0 Å². The fourth-order valence-electron chi connectivity index (χ4n) is 7.32. The molecule has 0 aromatic heterocycles. The van der Waals surface area contributed by atoms with E-state index in [-0.39, 0.29) is 16.7 Å². The van der Waals surface area contributed by atoms with Crippen LogP contribution in [0.5, 0.6) is 0 Å². The summed E-state index contributed by atoms with van der Waals surface area (Å²) in [4.78, 5) is 30.0. The largest absolute Gasteiger partial charge is 0.399 e. The summed E-state index contributed by atoms with van der Waals surface area (Å²) < 4.78 is 0. The summed E-state index contributed by atoms with van der Waals surface area (Å²) in [6.07, 6.45) is 8.35. The van der Waals surface area contributed by atoms with Gasteiger partial charge in [-0.3, -0.25) is 9.59 Å². The van der Waals surface area contributed by atoms with E-state index in [0.29, 0.717) is 42.2 Å². The van der Waals surface area contributed by atoms with Gasteiger partial charge in [-0.1, -0.05) is 19.0 Å². The first-order valence-electron chi connectivity index (χ1n) is 10.1. The lowest BCUT2D eigenvalue weighted by Gasteiger charge is -2.60. The minimum atomic E-state index is -0.119. The molecule has 0 spiro atoms. The van der Waals surface area contributed by atoms with Crippen LogP contribution in [0.4, 0.5) is 0 Å². The lowest BCUT2D eigenvalue weighted by Crippen LogP contribution is -2.57. The Hall–Kier alpha value is -1.19. The first kappa shape index (κ1) is 17.2. The Morgan fingerprint density at radius 3 is 2.64 bits per heavy atom. The lowest BCUT2D eigenvalue weighted by molar-refractivity contribution is -0.137. The third-order valence-corrected chi connectivity index (χ3v) is 8.59. The summed E-state index contributed by atoms with van der Waals surface area (Å²) in [5, 5.41) is 4.42. The predicted molar refractivity (Wildman–Crippen MR) is 96.2 cm³/mol. The maximum absolute atomic E-state index is 12.6. The molecule has 6 atom stereocenters. The van der Waals surface area contributed by atoms with Crippen molar-refractivity contribution in [2.75, 3.05) is 7.11 Å². The first-order chi connectivity index (χ1) is 12.0. The molecule has 0 heterocycles. The topological polar surface area (TPSA) is 55.7 Å². The van der Waals surface area contributed by atoms with Crippen LogP contribution in [0, 0.1) is 34.5 Å². The zero-order chi connectivity index (χ0) is 17.8. The Labute approximate surface area is 150 Å². The van der Waals surface area contributed by atoms with E-state index in [2.05, 4.69) is 19.0 Å². The number of fused-ring (bicyclic) bond motifs is 5. The van der Waals surface area contributed by atoms with Crippen LogP contribution in [0.2, 0.25) is 0 Å². The summed E-state index contributed by atoms with van der Waals surface area (Å²) >= 11 is 0. The highest BCUT2D eigenvalue weighted by molar-refractivity contribution is 5.94. The number of oxime groups is 1. The van der Waals surface area contributed by atoms with E-state index in [9.17, 15) is 9.59 Å². The van der Waals surface area contributed by atoms with E-state index in [0.717, 1.165) is 50.7 Å². The molecular formula is C21H31NO3. The van der Waals surface area contributed by atoms with Gasteiger partial charge >= 0.3 is 0 Å². The van der Waals surface area contributed by atoms with E-state index in [4.69, 9.17) is 4.84 Å². The van der Waals surface area contributed by atoms with E-state index >= 15 is 0 Å². The number of Topliss-reactive ketones (excluding diaryl/α,β-unsaturated/α-hetero) is 2. The number of nitrogens with zero attached hydrogens (tertiary/aromatic N) is 1. The molecule has 4 fully saturated rings. The van der Waals surface area contributed by atoms with Gasteiger partial charge in [-0.25, -0.2) is 0 Å². The van der Waals surface area contributed by atoms with Gasteiger partial charge in [-0.15, -0.1) is 0 Å². The molecular weight excluding hydrogens is 314 g/mol. The van der Waals surface area contributed by atoms with Gasteiger partial charge in [0.2, 0.25) is 0 Å². The summed E-state index contributed by atoms with van der Waals surface area (Å²) in [7, 11) is 1.61. The Morgan fingerprint density at radius 2 is 1.92 bits per heavy atom. The second-order valence-electron chi connectivity index (χ2n) is 9.15. The number of hydrogen-bond donors (Lipinski definition) is 0. The monoisotopic (exact) mass is 345 g/mol. The molecule has 0 aliphatic heterocycles. The zero-order valence-corrected chi connectivity index (χ0v) is 15.8. The third-order valence-electron chi connectivity index (χ3n) is 8.59. The van der Waals surface area contributed by atoms with Crippen LogP contribution in [0.3, 0.4) is 0 Å². The zero-order valence-electron chi connectivity index (χ0n) is 15.8. The fraction of sp³-hybridized carbons (Fsp3) is 0.857. The molecule has 25 heavy (non-hydrogen) atoms. The van der Waals surface area contributed by atoms with Crippen molar-refractivity contribution in [3.05, 3.63) is 0 Å². The van der Waals surface area contributed by atoms with Crippen molar-refractivity contribution in [3.63, 3.8) is 0 Å². The first-order valence-corrected chi connectivity index (χ1v) is 10.1. The van der Waals surface area contributed by atoms with Gasteiger partial charge in [-0.05, 0) is 61.7 Å². The molecule has 138 valence electrons. The quantitative estimate of drug-likeness (QED) is 0.706. The van der Waals surface area contributed by atoms with Gasteiger partial charge in [0.15, 0.2) is 0 Å². The predicted octanol–water partition coefficient (Wildman–Crippen LogP) is 4.17. The summed E-state index contributed by atoms with van der Waals surface area (Å²) in [5.41, 5.74) is 1.16. The Kier molecular flexibility index (Phi) is 4.08. The summed E-state index contributed by atoms with van der Waals surface area (Å²) in [6, 6.07) is 0. The molecule has 4 saturated carbocycles. The number of ketones is 2. The fourth-order valence-corrected chi connectivity index (χ4v) is 7.32. The van der Waals surface area contributed by atoms with Crippen LogP contribution >= 0.6 is 0 Å². The number of hydrogen-bond acceptors (Lipinski definition) is 4. The Balaban J connectivity index is 1.77. The van der Waals surface area contributed by atoms with Crippen molar-refractivity contribution < 1.29 is 14.4 Å². The normalized spacial score (nSPS) is 48.0. The SMILES string of the molecule is CC[C@]12CCC(=O)C[C@@H]1/C(=N/OC)CC1C2CC[C@]2(C)C(=O)CCC12. The van der Waals surface area contributed by atoms with Crippen LogP contribution < -0.4 is 0 Å². The molecule has 0 bridgehead atoms. The standard InChI is InChI=1S/C21H31NO3/c1-4-21-10-7-13(23)11-17(21)18(22-25-3)12-14-15-5-6-19(24)20(15,2)9-8-16(14)21/h14-17H,4-12H2,1-3H3/b22-18+/t14?,15?,16?,17-,20+,21-/m1/s1. The van der Waals surface area contributed by atoms with Gasteiger partial charge in [0, 0.05) is 30.6 Å². The highest BCUT2D eigenvalue weighted by atomic mass is 16.6. The summed E-state index contributed by atoms with van der Waals surface area (Å²) in [6.45, 7) is 4.51. The van der Waals surface area contributed by atoms with E-state index in [1.807, 2.05) is 0 Å². The van der Waals surface area contributed by atoms with Crippen LogP contribution in [0.25, 0.3) is 0 Å². The van der Waals surface area contributed by atoms with Gasteiger partial charge < -0.3 is 4.84 Å². The molecule has 4 aliphatic rings. The molecule has 4 nitrogen and oxygen atoms in total. The average Bonchev–Trinajstić information content (AvgIpc) is 2.91. The Morgan fingerprint density at radius 1 is 1.12 bits per heavy atom. The molecule has 0 aromatic rings. The van der Waals surface area contributed by atoms with Gasteiger partial charge in [0.25, 0.3) is 0 Å². The lowest BCUT2D eigenvalue weighted by atomic mass is 9.43. The average molecular weight is 345 g/mol. The second kappa shape index (κ2) is 5.92. The smallest absolute Gasteiger partial charge is 0.139 e. The van der Waals surface area contributed by atoms with Crippen LogP contribution in [-0.2, 0) is 14.4 Å². The number of carbonyl (C=O) groups excluding carboxylic acids is 2. The third kappa shape index (κ3) is 2.28. The van der Waals surface area contributed by atoms with Gasteiger partial charge in [-0.2, -0.15) is 0 Å². The number of rotatable bonds is 2. The number of carbonyl (C=O) groups is 2. The maximum Gasteiger partial charge on any atom is 0.139 e. The minimum Gasteiger partial charge on any atom is -0.399 e. The van der Waals surface area contributed by atoms with Gasteiger partial charge in [0.05, 0.1) is 5.71 Å².